The minimum atomic E-state index is -3.54. The third kappa shape index (κ3) is 6.72. The fraction of sp³-hybridized carbons (Fsp3) is 0.543. The number of nitrogens with zero attached hydrogens (tertiary/aromatic N) is 2. The fourth-order valence-corrected chi connectivity index (χ4v) is 10.3. The Morgan fingerprint density at radius 2 is 1.85 bits per heavy atom. The zero-order valence-electron chi connectivity index (χ0n) is 28.3. The van der Waals surface area contributed by atoms with Crippen molar-refractivity contribution in [2.24, 2.45) is 5.92 Å². The molecule has 3 heterocycles. The summed E-state index contributed by atoms with van der Waals surface area (Å²) in [6, 6.07) is 11.6. The van der Waals surface area contributed by atoms with Gasteiger partial charge in [-0.3, -0.25) is 19.2 Å². The predicted molar refractivity (Wildman–Crippen MR) is 180 cm³/mol. The number of carbonyl (C=O) groups excluding carboxylic acids is 4. The third-order valence-corrected chi connectivity index (χ3v) is 12.6. The summed E-state index contributed by atoms with van der Waals surface area (Å²) in [7, 11) is -0.662. The molecule has 2 fully saturated rings. The van der Waals surface area contributed by atoms with Crippen LogP contribution < -0.4 is 15.0 Å². The summed E-state index contributed by atoms with van der Waals surface area (Å²) in [5.41, 5.74) is -0.353. The number of ether oxygens (including phenoxy) is 3. The molecule has 2 aromatic carbocycles. The maximum atomic E-state index is 16.3. The second-order valence-electron chi connectivity index (χ2n) is 13.4. The van der Waals surface area contributed by atoms with Crippen LogP contribution in [-0.4, -0.2) is 88.2 Å². The lowest BCUT2D eigenvalue weighted by atomic mass is 9.82. The summed E-state index contributed by atoms with van der Waals surface area (Å²) in [4.78, 5) is 56.4. The molecule has 3 amide bonds. The van der Waals surface area contributed by atoms with Gasteiger partial charge in [0.05, 0.1) is 45.1 Å². The second kappa shape index (κ2) is 14.3. The molecule has 0 saturated carbocycles. The number of carbonyl (C=O) groups is 4. The van der Waals surface area contributed by atoms with Crippen LogP contribution in [0.3, 0.4) is 0 Å². The Morgan fingerprint density at radius 1 is 1.12 bits per heavy atom. The Bertz CT molecular complexity index is 1530. The Labute approximate surface area is 281 Å². The quantitative estimate of drug-likeness (QED) is 0.141. The number of aliphatic hydroxyl groups is 1. The Hall–Kier alpha value is -3.81. The van der Waals surface area contributed by atoms with Crippen molar-refractivity contribution >= 4 is 43.5 Å². The molecule has 48 heavy (non-hydrogen) atoms. The van der Waals surface area contributed by atoms with Crippen LogP contribution in [0.1, 0.15) is 61.4 Å². The number of benzene rings is 2. The summed E-state index contributed by atoms with van der Waals surface area (Å²) >= 11 is 0. The molecule has 3 aliphatic rings. The lowest BCUT2D eigenvalue weighted by Gasteiger charge is -2.31. The van der Waals surface area contributed by atoms with E-state index in [1.54, 1.807) is 72.5 Å². The SMILES string of the molecule is COC(=O)CCCCN1C(=O)[C@]2(O[C@H](CC(=O)N3CCC[C@H]3CO)[C@@H]([Si](C)(C)F)[C@@H]2C)c2cc(NC(=O)c3ccc(OC)cc3)ccc21. The number of fused-ring (bicyclic) bond motifs is 2. The largest absolute Gasteiger partial charge is 0.497 e. The van der Waals surface area contributed by atoms with Gasteiger partial charge in [-0.2, -0.15) is 0 Å². The zero-order valence-corrected chi connectivity index (χ0v) is 29.3. The van der Waals surface area contributed by atoms with Gasteiger partial charge < -0.3 is 38.5 Å². The standard InChI is InChI=1S/C35H46FN3O8Si/c1-22-32(48(4,5)36)29(20-30(41)38-18-8-9-25(38)21-40)47-35(22)27-19-24(37-33(43)23-11-14-26(45-2)15-12-23)13-16-28(27)39(34(35)44)17-7-6-10-31(42)46-3/h11-16,19,22,25,29,32,40H,6-10,17-18,20-21H2,1-5H3,(H,37,43)/t22-,25-,29+,32-,35+/m0/s1. The molecule has 1 spiro atoms. The van der Waals surface area contributed by atoms with Crippen LogP contribution in [0.25, 0.3) is 0 Å². The van der Waals surface area contributed by atoms with Gasteiger partial charge in [0.15, 0.2) is 5.60 Å². The molecular formula is C35H46FN3O8Si. The van der Waals surface area contributed by atoms with E-state index in [4.69, 9.17) is 14.2 Å². The normalized spacial score (nSPS) is 25.0. The van der Waals surface area contributed by atoms with Gasteiger partial charge in [-0.1, -0.05) is 6.92 Å². The molecule has 2 N–H and O–H groups in total. The molecule has 2 aromatic rings. The monoisotopic (exact) mass is 683 g/mol. The number of anilines is 2. The van der Waals surface area contributed by atoms with Crippen molar-refractivity contribution in [1.29, 1.82) is 0 Å². The number of aliphatic hydroxyl groups excluding tert-OH is 1. The second-order valence-corrected chi connectivity index (χ2v) is 17.2. The van der Waals surface area contributed by atoms with Crippen molar-refractivity contribution in [3.05, 3.63) is 53.6 Å². The zero-order chi connectivity index (χ0) is 34.8. The third-order valence-electron chi connectivity index (χ3n) is 10.1. The van der Waals surface area contributed by atoms with E-state index in [0.717, 1.165) is 6.42 Å². The summed E-state index contributed by atoms with van der Waals surface area (Å²) in [6.45, 7) is 5.63. The number of amides is 3. The number of nitrogens with one attached hydrogen (secondary N) is 1. The van der Waals surface area contributed by atoms with Crippen LogP contribution in [0.15, 0.2) is 42.5 Å². The molecule has 5 rings (SSSR count). The van der Waals surface area contributed by atoms with Gasteiger partial charge in [0.25, 0.3) is 11.8 Å². The maximum absolute atomic E-state index is 16.3. The molecule has 260 valence electrons. The number of likely N-dealkylation sites (tertiary alicyclic amines) is 1. The van der Waals surface area contributed by atoms with E-state index in [1.165, 1.54) is 7.11 Å². The highest BCUT2D eigenvalue weighted by atomic mass is 28.4. The summed E-state index contributed by atoms with van der Waals surface area (Å²) in [6.07, 6.45) is 1.71. The van der Waals surface area contributed by atoms with Crippen LogP contribution in [0, 0.1) is 5.92 Å². The van der Waals surface area contributed by atoms with E-state index in [1.807, 2.05) is 6.92 Å². The van der Waals surface area contributed by atoms with Gasteiger partial charge in [0, 0.05) is 47.8 Å². The topological polar surface area (TPSA) is 135 Å². The highest BCUT2D eigenvalue weighted by Crippen LogP contribution is 2.60. The average molecular weight is 684 g/mol. The minimum Gasteiger partial charge on any atom is -0.497 e. The van der Waals surface area contributed by atoms with Gasteiger partial charge >= 0.3 is 5.97 Å². The van der Waals surface area contributed by atoms with Crippen LogP contribution in [0.2, 0.25) is 18.6 Å². The van der Waals surface area contributed by atoms with E-state index in [9.17, 15) is 24.3 Å². The molecule has 13 heteroatoms. The van der Waals surface area contributed by atoms with Crippen LogP contribution in [-0.2, 0) is 29.5 Å². The first kappa shape index (κ1) is 35.5. The number of esters is 1. The number of unbranched alkanes of at least 4 members (excludes halogenated alkanes) is 1. The molecule has 5 atom stereocenters. The maximum Gasteiger partial charge on any atom is 0.305 e. The number of rotatable bonds is 12. The fourth-order valence-electron chi connectivity index (χ4n) is 7.78. The lowest BCUT2D eigenvalue weighted by Crippen LogP contribution is -2.45. The number of hydrogen-bond acceptors (Lipinski definition) is 8. The van der Waals surface area contributed by atoms with Crippen molar-refractivity contribution in [3.63, 3.8) is 0 Å². The van der Waals surface area contributed by atoms with Gasteiger partial charge in [0.1, 0.15) is 5.75 Å². The van der Waals surface area contributed by atoms with E-state index in [-0.39, 0.29) is 55.7 Å². The van der Waals surface area contributed by atoms with E-state index < -0.39 is 31.6 Å². The summed E-state index contributed by atoms with van der Waals surface area (Å²) < 4.78 is 33.0. The average Bonchev–Trinajstić information content (AvgIpc) is 3.72. The van der Waals surface area contributed by atoms with Gasteiger partial charge in [-0.25, -0.2) is 0 Å². The molecule has 0 unspecified atom stereocenters. The van der Waals surface area contributed by atoms with Crippen molar-refractivity contribution in [1.82, 2.24) is 4.90 Å². The Kier molecular flexibility index (Phi) is 10.6. The molecule has 2 saturated heterocycles. The summed E-state index contributed by atoms with van der Waals surface area (Å²) in [5.74, 6) is -1.30. The number of halogens is 1. The lowest BCUT2D eigenvalue weighted by molar-refractivity contribution is -0.150. The molecule has 11 nitrogen and oxygen atoms in total. The van der Waals surface area contributed by atoms with Crippen molar-refractivity contribution in [2.45, 2.75) is 81.8 Å². The first-order chi connectivity index (χ1) is 22.8. The molecule has 0 bridgehead atoms. The smallest absolute Gasteiger partial charge is 0.305 e. The number of hydrogen-bond donors (Lipinski definition) is 2. The predicted octanol–water partition coefficient (Wildman–Crippen LogP) is 4.79. The van der Waals surface area contributed by atoms with Crippen molar-refractivity contribution in [2.75, 3.05) is 44.1 Å². The molecule has 0 aliphatic carbocycles. The Balaban J connectivity index is 1.50. The Morgan fingerprint density at radius 3 is 2.50 bits per heavy atom. The van der Waals surface area contributed by atoms with Gasteiger partial charge in [-0.15, -0.1) is 0 Å². The molecular weight excluding hydrogens is 637 g/mol. The van der Waals surface area contributed by atoms with E-state index in [0.29, 0.717) is 54.1 Å². The highest BCUT2D eigenvalue weighted by Gasteiger charge is 2.67. The molecule has 0 aromatic heterocycles. The molecule has 3 aliphatic heterocycles. The first-order valence-corrected chi connectivity index (χ1v) is 19.6. The van der Waals surface area contributed by atoms with Gasteiger partial charge in [-0.05, 0) is 81.2 Å². The first-order valence-electron chi connectivity index (χ1n) is 16.6. The van der Waals surface area contributed by atoms with Crippen LogP contribution in [0.4, 0.5) is 15.5 Å². The summed E-state index contributed by atoms with van der Waals surface area (Å²) in [5, 5.41) is 12.8. The number of methoxy groups -OCH3 is 2. The van der Waals surface area contributed by atoms with Crippen LogP contribution in [0.5, 0.6) is 5.75 Å². The van der Waals surface area contributed by atoms with Gasteiger partial charge in [0.2, 0.25) is 14.3 Å². The van der Waals surface area contributed by atoms with E-state index in [2.05, 4.69) is 5.32 Å². The minimum absolute atomic E-state index is 0.108. The van der Waals surface area contributed by atoms with Crippen molar-refractivity contribution in [3.8, 4) is 5.75 Å². The molecule has 0 radical (unpaired) electrons. The highest BCUT2D eigenvalue weighted by molar-refractivity contribution is 6.72. The van der Waals surface area contributed by atoms with Crippen LogP contribution >= 0.6 is 0 Å². The van der Waals surface area contributed by atoms with E-state index >= 15 is 4.11 Å². The van der Waals surface area contributed by atoms with Crippen molar-refractivity contribution < 1.29 is 42.6 Å².